The molecule has 0 fully saturated rings. The number of anilines is 1. The summed E-state index contributed by atoms with van der Waals surface area (Å²) >= 11 is 1.23. The van der Waals surface area contributed by atoms with Gasteiger partial charge < -0.3 is 5.11 Å². The molecule has 3 aromatic rings. The molecule has 1 aromatic heterocycles. The van der Waals surface area contributed by atoms with Gasteiger partial charge in [-0.3, -0.25) is 14.5 Å². The summed E-state index contributed by atoms with van der Waals surface area (Å²) in [7, 11) is 0. The van der Waals surface area contributed by atoms with Crippen LogP contribution in [0.5, 0.6) is 0 Å². The Kier molecular flexibility index (Phi) is 5.05. The van der Waals surface area contributed by atoms with Crippen molar-refractivity contribution in [1.29, 1.82) is 0 Å². The van der Waals surface area contributed by atoms with Crippen LogP contribution in [0.1, 0.15) is 22.2 Å². The fourth-order valence-corrected chi connectivity index (χ4v) is 3.93. The van der Waals surface area contributed by atoms with Gasteiger partial charge in [-0.25, -0.2) is 0 Å². The summed E-state index contributed by atoms with van der Waals surface area (Å²) in [6.45, 7) is 1.78. The first-order valence-electron chi connectivity index (χ1n) is 8.95. The van der Waals surface area contributed by atoms with E-state index in [1.54, 1.807) is 13.0 Å². The monoisotopic (exact) mass is 403 g/mol. The summed E-state index contributed by atoms with van der Waals surface area (Å²) in [6.07, 6.45) is 3.03. The van der Waals surface area contributed by atoms with E-state index in [9.17, 15) is 14.7 Å². The van der Waals surface area contributed by atoms with Crippen LogP contribution in [0.3, 0.4) is 0 Å². The molecule has 0 aliphatic carbocycles. The highest BCUT2D eigenvalue weighted by molar-refractivity contribution is 7.15. The topological polar surface area (TPSA) is 83.4 Å². The van der Waals surface area contributed by atoms with E-state index in [4.69, 9.17) is 0 Å². The molecule has 144 valence electrons. The van der Waals surface area contributed by atoms with Gasteiger partial charge in [-0.05, 0) is 24.1 Å². The number of aliphatic hydroxyl groups excluding tert-OH is 1. The number of carbonyl (C=O) groups is 2. The highest BCUT2D eigenvalue weighted by Gasteiger charge is 2.45. The number of aromatic nitrogens is 2. The normalized spacial score (nSPS) is 16.8. The van der Waals surface area contributed by atoms with Crippen LogP contribution in [0.15, 0.2) is 78.1 Å². The van der Waals surface area contributed by atoms with Crippen molar-refractivity contribution in [2.75, 3.05) is 4.90 Å². The number of hydrogen-bond donors (Lipinski definition) is 1. The van der Waals surface area contributed by atoms with E-state index >= 15 is 0 Å². The molecule has 2 aromatic carbocycles. The first kappa shape index (κ1) is 18.8. The molecule has 7 heteroatoms. The van der Waals surface area contributed by atoms with E-state index in [1.165, 1.54) is 22.3 Å². The van der Waals surface area contributed by atoms with Gasteiger partial charge in [0.15, 0.2) is 11.5 Å². The zero-order valence-electron chi connectivity index (χ0n) is 15.5. The minimum Gasteiger partial charge on any atom is -0.503 e. The predicted molar refractivity (Wildman–Crippen MR) is 111 cm³/mol. The molecule has 0 saturated heterocycles. The second kappa shape index (κ2) is 7.81. The molecule has 4 rings (SSSR count). The molecule has 2 heterocycles. The van der Waals surface area contributed by atoms with E-state index < -0.39 is 23.5 Å². The Labute approximate surface area is 171 Å². The fourth-order valence-electron chi connectivity index (χ4n) is 3.21. The number of aliphatic hydroxyl groups is 1. The lowest BCUT2D eigenvalue weighted by Crippen LogP contribution is -2.30. The fraction of sp³-hybridized carbons (Fsp3) is 0.0909. The molecule has 1 amide bonds. The number of carbonyl (C=O) groups excluding carboxylic acids is 2. The van der Waals surface area contributed by atoms with Gasteiger partial charge in [0.05, 0.1) is 11.6 Å². The van der Waals surface area contributed by atoms with Gasteiger partial charge >= 0.3 is 0 Å². The van der Waals surface area contributed by atoms with Gasteiger partial charge in [0.25, 0.3) is 5.91 Å². The van der Waals surface area contributed by atoms with Crippen molar-refractivity contribution in [3.63, 3.8) is 0 Å². The molecule has 1 unspecified atom stereocenters. The molecule has 0 bridgehead atoms. The summed E-state index contributed by atoms with van der Waals surface area (Å²) in [5.41, 5.74) is 1.58. The number of amides is 1. The van der Waals surface area contributed by atoms with Crippen LogP contribution in [-0.4, -0.2) is 27.0 Å². The van der Waals surface area contributed by atoms with Gasteiger partial charge in [-0.15, -0.1) is 10.2 Å². The molecule has 0 radical (unpaired) electrons. The van der Waals surface area contributed by atoms with Gasteiger partial charge in [0.1, 0.15) is 5.01 Å². The highest BCUT2D eigenvalue weighted by atomic mass is 32.1. The van der Waals surface area contributed by atoms with Crippen molar-refractivity contribution in [3.8, 4) is 0 Å². The molecular formula is C22H17N3O3S. The van der Waals surface area contributed by atoms with Gasteiger partial charge in [-0.1, -0.05) is 78.1 Å². The van der Waals surface area contributed by atoms with Gasteiger partial charge in [-0.2, -0.15) is 0 Å². The largest absolute Gasteiger partial charge is 0.503 e. The van der Waals surface area contributed by atoms with E-state index in [0.29, 0.717) is 15.7 Å². The maximum absolute atomic E-state index is 13.0. The van der Waals surface area contributed by atoms with Crippen molar-refractivity contribution in [1.82, 2.24) is 10.2 Å². The third-order valence-electron chi connectivity index (χ3n) is 4.54. The average molecular weight is 403 g/mol. The Balaban J connectivity index is 1.77. The molecule has 1 aliphatic rings. The predicted octanol–water partition coefficient (Wildman–Crippen LogP) is 4.03. The van der Waals surface area contributed by atoms with E-state index in [0.717, 1.165) is 5.56 Å². The van der Waals surface area contributed by atoms with Crippen LogP contribution in [0.4, 0.5) is 5.13 Å². The zero-order valence-corrected chi connectivity index (χ0v) is 16.3. The number of hydrogen-bond acceptors (Lipinski definition) is 6. The number of allylic oxidation sites excluding steroid dienone is 1. The van der Waals surface area contributed by atoms with E-state index in [1.807, 2.05) is 60.7 Å². The first-order chi connectivity index (χ1) is 14.1. The molecular weight excluding hydrogens is 386 g/mol. The van der Waals surface area contributed by atoms with Crippen LogP contribution < -0.4 is 4.90 Å². The molecule has 1 aliphatic heterocycles. The second-order valence-electron chi connectivity index (χ2n) is 6.46. The minimum atomic E-state index is -0.774. The lowest BCUT2D eigenvalue weighted by molar-refractivity contribution is -0.117. The molecule has 1 N–H and O–H groups in total. The van der Waals surface area contributed by atoms with Crippen molar-refractivity contribution in [2.24, 2.45) is 0 Å². The number of nitrogens with zero attached hydrogens (tertiary/aromatic N) is 3. The quantitative estimate of drug-likeness (QED) is 0.651. The molecule has 1 atom stereocenters. The Hall–Kier alpha value is -3.58. The van der Waals surface area contributed by atoms with Crippen molar-refractivity contribution in [3.05, 3.63) is 94.2 Å². The van der Waals surface area contributed by atoms with E-state index in [-0.39, 0.29) is 5.57 Å². The van der Waals surface area contributed by atoms with Gasteiger partial charge in [0.2, 0.25) is 5.13 Å². The van der Waals surface area contributed by atoms with Crippen molar-refractivity contribution in [2.45, 2.75) is 13.0 Å². The molecule has 0 spiro atoms. The Morgan fingerprint density at radius 1 is 1.07 bits per heavy atom. The summed E-state index contributed by atoms with van der Waals surface area (Å²) in [4.78, 5) is 27.2. The third kappa shape index (κ3) is 3.60. The first-order valence-corrected chi connectivity index (χ1v) is 9.77. The Morgan fingerprint density at radius 2 is 1.72 bits per heavy atom. The molecule has 6 nitrogen and oxygen atoms in total. The van der Waals surface area contributed by atoms with Gasteiger partial charge in [0, 0.05) is 0 Å². The smallest absolute Gasteiger partial charge is 0.296 e. The maximum Gasteiger partial charge on any atom is 0.296 e. The molecule has 29 heavy (non-hydrogen) atoms. The summed E-state index contributed by atoms with van der Waals surface area (Å²) in [6, 6.07) is 17.7. The number of rotatable bonds is 5. The van der Waals surface area contributed by atoms with Crippen LogP contribution in [-0.2, 0) is 9.59 Å². The minimum absolute atomic E-state index is 0.0289. The number of ketones is 1. The van der Waals surface area contributed by atoms with Crippen molar-refractivity contribution < 1.29 is 14.7 Å². The standard InChI is InChI=1S/C22H17N3O3S/c1-14-23-24-22(29-14)25-19(16-10-6-3-7-11-16)18(20(27)21(25)28)17(26)13-12-15-8-4-2-5-9-15/h2-13,19,27H,1H3. The Bertz CT molecular complexity index is 1120. The number of aryl methyl sites for hydroxylation is 1. The SMILES string of the molecule is Cc1nnc(N2C(=O)C(O)=C(C(=O)C=Cc3ccccc3)C2c2ccccc2)s1. The molecule has 0 saturated carbocycles. The average Bonchev–Trinajstić information content (AvgIpc) is 3.28. The second-order valence-corrected chi connectivity index (χ2v) is 7.62. The number of benzene rings is 2. The Morgan fingerprint density at radius 3 is 2.34 bits per heavy atom. The highest BCUT2D eigenvalue weighted by Crippen LogP contribution is 2.41. The lowest BCUT2D eigenvalue weighted by Gasteiger charge is -2.23. The maximum atomic E-state index is 13.0. The lowest BCUT2D eigenvalue weighted by atomic mass is 9.96. The van der Waals surface area contributed by atoms with Crippen LogP contribution in [0, 0.1) is 6.92 Å². The third-order valence-corrected chi connectivity index (χ3v) is 5.38. The van der Waals surface area contributed by atoms with E-state index in [2.05, 4.69) is 10.2 Å². The summed E-state index contributed by atoms with van der Waals surface area (Å²) in [5.74, 6) is -1.65. The summed E-state index contributed by atoms with van der Waals surface area (Å²) < 4.78 is 0. The van der Waals surface area contributed by atoms with Crippen LogP contribution in [0.25, 0.3) is 6.08 Å². The zero-order chi connectivity index (χ0) is 20.4. The van der Waals surface area contributed by atoms with Crippen LogP contribution >= 0.6 is 11.3 Å². The van der Waals surface area contributed by atoms with Crippen molar-refractivity contribution >= 4 is 34.2 Å². The van der Waals surface area contributed by atoms with Crippen LogP contribution in [0.2, 0.25) is 0 Å². The summed E-state index contributed by atoms with van der Waals surface area (Å²) in [5, 5.41) is 19.6.